The average Bonchev–Trinajstić information content (AvgIpc) is 3.00. The van der Waals surface area contributed by atoms with Crippen molar-refractivity contribution in [1.29, 1.82) is 0 Å². The normalized spacial score (nSPS) is 11.8. The molecule has 3 rings (SSSR count). The highest BCUT2D eigenvalue weighted by molar-refractivity contribution is 7.92. The van der Waals surface area contributed by atoms with Crippen LogP contribution in [0, 0.1) is 0 Å². The van der Waals surface area contributed by atoms with E-state index in [9.17, 15) is 18.0 Å². The van der Waals surface area contributed by atoms with Crippen LogP contribution in [0.5, 0.6) is 17.2 Å². The van der Waals surface area contributed by atoms with Crippen LogP contribution in [0.3, 0.4) is 0 Å². The lowest BCUT2D eigenvalue weighted by Gasteiger charge is -2.33. The molecule has 0 fully saturated rings. The first-order valence-corrected chi connectivity index (χ1v) is 15.6. The van der Waals surface area contributed by atoms with E-state index in [1.807, 2.05) is 6.92 Å². The number of halogens is 2. The summed E-state index contributed by atoms with van der Waals surface area (Å²) in [5.74, 6) is -0.00745. The SMILES string of the molecule is CCOc1ccc(N(CC(=O)N(Cc2c(Cl)cccc2Cl)[C@@H](CC)C(=O)NC)S(=O)(=O)c2ccc(OC)c(OC)c2)cc1. The number of likely N-dealkylation sites (N-methyl/N-ethyl adjacent to an activating group) is 1. The van der Waals surface area contributed by atoms with Crippen molar-refractivity contribution in [3.05, 3.63) is 76.3 Å². The molecule has 13 heteroatoms. The van der Waals surface area contributed by atoms with Gasteiger partial charge in [0, 0.05) is 35.3 Å². The lowest BCUT2D eigenvalue weighted by molar-refractivity contribution is -0.140. The maximum absolute atomic E-state index is 14.2. The van der Waals surface area contributed by atoms with E-state index >= 15 is 0 Å². The van der Waals surface area contributed by atoms with Gasteiger partial charge < -0.3 is 24.4 Å². The van der Waals surface area contributed by atoms with E-state index < -0.39 is 34.4 Å². The second-order valence-electron chi connectivity index (χ2n) is 9.22. The smallest absolute Gasteiger partial charge is 0.264 e. The van der Waals surface area contributed by atoms with Gasteiger partial charge in [-0.3, -0.25) is 13.9 Å². The standard InChI is InChI=1S/C30H35Cl2N3O7S/c1-6-26(30(37)33-3)34(18-23-24(31)9-8-10-25(23)32)29(36)19-35(20-11-13-21(14-12-20)42-7-2)43(38,39)22-15-16-27(40-4)28(17-22)41-5/h8-17,26H,6-7,18-19H2,1-5H3,(H,33,37)/t26-/m0/s1. The molecule has 0 aliphatic heterocycles. The Labute approximate surface area is 262 Å². The number of hydrogen-bond donors (Lipinski definition) is 1. The summed E-state index contributed by atoms with van der Waals surface area (Å²) < 4.78 is 45.4. The Morgan fingerprint density at radius 2 is 1.56 bits per heavy atom. The fraction of sp³-hybridized carbons (Fsp3) is 0.333. The molecule has 2 amide bonds. The molecule has 10 nitrogen and oxygen atoms in total. The minimum Gasteiger partial charge on any atom is -0.494 e. The summed E-state index contributed by atoms with van der Waals surface area (Å²) in [6.45, 7) is 3.23. The summed E-state index contributed by atoms with van der Waals surface area (Å²) in [6, 6.07) is 14.4. The third-order valence-corrected chi connectivity index (χ3v) is 9.16. The number of ether oxygens (including phenoxy) is 3. The summed E-state index contributed by atoms with van der Waals surface area (Å²) in [6.07, 6.45) is 0.249. The zero-order valence-electron chi connectivity index (χ0n) is 24.6. The van der Waals surface area contributed by atoms with Crippen molar-refractivity contribution in [1.82, 2.24) is 10.2 Å². The number of rotatable bonds is 14. The summed E-state index contributed by atoms with van der Waals surface area (Å²) in [5.41, 5.74) is 0.632. The molecular formula is C30H35Cl2N3O7S. The minimum absolute atomic E-state index is 0.128. The Hall–Kier alpha value is -3.67. The maximum Gasteiger partial charge on any atom is 0.264 e. The second kappa shape index (κ2) is 15.2. The zero-order valence-corrected chi connectivity index (χ0v) is 26.9. The van der Waals surface area contributed by atoms with Crippen molar-refractivity contribution in [2.24, 2.45) is 0 Å². The Morgan fingerprint density at radius 1 is 0.930 bits per heavy atom. The van der Waals surface area contributed by atoms with Crippen LogP contribution in [0.15, 0.2) is 65.6 Å². The zero-order chi connectivity index (χ0) is 31.7. The average molecular weight is 653 g/mol. The summed E-state index contributed by atoms with van der Waals surface area (Å²) >= 11 is 12.8. The molecular weight excluding hydrogens is 617 g/mol. The van der Waals surface area contributed by atoms with Gasteiger partial charge in [0.25, 0.3) is 10.0 Å². The number of anilines is 1. The van der Waals surface area contributed by atoms with Gasteiger partial charge in [0.1, 0.15) is 18.3 Å². The van der Waals surface area contributed by atoms with Gasteiger partial charge in [-0.15, -0.1) is 0 Å². The first-order chi connectivity index (χ1) is 20.5. The van der Waals surface area contributed by atoms with Gasteiger partial charge in [0.2, 0.25) is 11.8 Å². The second-order valence-corrected chi connectivity index (χ2v) is 11.9. The van der Waals surface area contributed by atoms with E-state index in [1.54, 1.807) is 49.4 Å². The number of nitrogens with zero attached hydrogens (tertiary/aromatic N) is 2. The van der Waals surface area contributed by atoms with Crippen molar-refractivity contribution in [3.8, 4) is 17.2 Å². The molecule has 0 heterocycles. The van der Waals surface area contributed by atoms with Crippen LogP contribution >= 0.6 is 23.2 Å². The van der Waals surface area contributed by atoms with Crippen molar-refractivity contribution in [3.63, 3.8) is 0 Å². The third-order valence-electron chi connectivity index (χ3n) is 6.68. The minimum atomic E-state index is -4.36. The number of carbonyl (C=O) groups excluding carboxylic acids is 2. The topological polar surface area (TPSA) is 114 Å². The van der Waals surface area contributed by atoms with Gasteiger partial charge in [0.15, 0.2) is 11.5 Å². The largest absolute Gasteiger partial charge is 0.494 e. The van der Waals surface area contributed by atoms with Gasteiger partial charge in [0.05, 0.1) is 31.4 Å². The van der Waals surface area contributed by atoms with Crippen LogP contribution in [-0.2, 0) is 26.2 Å². The number of sulfonamides is 1. The molecule has 0 aliphatic carbocycles. The fourth-order valence-electron chi connectivity index (χ4n) is 4.45. The summed E-state index contributed by atoms with van der Waals surface area (Å²) in [5, 5.41) is 3.19. The molecule has 3 aromatic rings. The quantitative estimate of drug-likeness (QED) is 0.256. The number of benzene rings is 3. The number of carbonyl (C=O) groups is 2. The van der Waals surface area contributed by atoms with E-state index in [2.05, 4.69) is 5.32 Å². The van der Waals surface area contributed by atoms with Crippen molar-refractivity contribution >= 4 is 50.7 Å². The lowest BCUT2D eigenvalue weighted by Crippen LogP contribution is -2.51. The Bertz CT molecular complexity index is 1510. The van der Waals surface area contributed by atoms with E-state index in [-0.39, 0.29) is 29.3 Å². The van der Waals surface area contributed by atoms with Crippen LogP contribution in [0.2, 0.25) is 10.0 Å². The molecule has 3 aromatic carbocycles. The molecule has 1 atom stereocenters. The highest BCUT2D eigenvalue weighted by Gasteiger charge is 2.34. The first kappa shape index (κ1) is 33.8. The molecule has 0 spiro atoms. The van der Waals surface area contributed by atoms with Crippen LogP contribution in [0.1, 0.15) is 25.8 Å². The highest BCUT2D eigenvalue weighted by atomic mass is 35.5. The lowest BCUT2D eigenvalue weighted by atomic mass is 10.1. The van der Waals surface area contributed by atoms with E-state index in [1.165, 1.54) is 44.4 Å². The highest BCUT2D eigenvalue weighted by Crippen LogP contribution is 2.33. The molecule has 0 unspecified atom stereocenters. The number of nitrogens with one attached hydrogen (secondary N) is 1. The molecule has 0 aliphatic rings. The van der Waals surface area contributed by atoms with Gasteiger partial charge in [-0.05, 0) is 61.9 Å². The van der Waals surface area contributed by atoms with Crippen molar-refractivity contribution < 1.29 is 32.2 Å². The first-order valence-electron chi connectivity index (χ1n) is 13.4. The third kappa shape index (κ3) is 7.84. The van der Waals surface area contributed by atoms with Crippen molar-refractivity contribution in [2.45, 2.75) is 37.8 Å². The van der Waals surface area contributed by atoms with Crippen LogP contribution in [0.25, 0.3) is 0 Å². The van der Waals surface area contributed by atoms with E-state index in [0.29, 0.717) is 33.7 Å². The summed E-state index contributed by atoms with van der Waals surface area (Å²) in [7, 11) is -0.0638. The molecule has 0 saturated carbocycles. The Balaban J connectivity index is 2.14. The predicted octanol–water partition coefficient (Wildman–Crippen LogP) is 5.16. The molecule has 232 valence electrons. The maximum atomic E-state index is 14.2. The van der Waals surface area contributed by atoms with Gasteiger partial charge >= 0.3 is 0 Å². The molecule has 0 radical (unpaired) electrons. The van der Waals surface area contributed by atoms with Gasteiger partial charge in [-0.25, -0.2) is 8.42 Å². The van der Waals surface area contributed by atoms with Crippen LogP contribution in [-0.4, -0.2) is 65.6 Å². The van der Waals surface area contributed by atoms with E-state index in [0.717, 1.165) is 4.31 Å². The molecule has 0 aromatic heterocycles. The van der Waals surface area contributed by atoms with Gasteiger partial charge in [-0.1, -0.05) is 36.2 Å². The predicted molar refractivity (Wildman–Crippen MR) is 167 cm³/mol. The number of methoxy groups -OCH3 is 2. The molecule has 0 saturated heterocycles. The fourth-order valence-corrected chi connectivity index (χ4v) is 6.40. The monoisotopic (exact) mass is 651 g/mol. The molecule has 0 bridgehead atoms. The van der Waals surface area contributed by atoms with Gasteiger partial charge in [-0.2, -0.15) is 0 Å². The van der Waals surface area contributed by atoms with Crippen LogP contribution in [0.4, 0.5) is 5.69 Å². The van der Waals surface area contributed by atoms with E-state index in [4.69, 9.17) is 37.4 Å². The number of amides is 2. The molecule has 1 N–H and O–H groups in total. The summed E-state index contributed by atoms with van der Waals surface area (Å²) in [4.78, 5) is 28.2. The van der Waals surface area contributed by atoms with Crippen molar-refractivity contribution in [2.75, 3.05) is 38.7 Å². The molecule has 43 heavy (non-hydrogen) atoms. The Kier molecular flexibility index (Phi) is 11.9. The number of hydrogen-bond acceptors (Lipinski definition) is 7. The van der Waals surface area contributed by atoms with Crippen LogP contribution < -0.4 is 23.8 Å². The Morgan fingerprint density at radius 3 is 2.09 bits per heavy atom.